The van der Waals surface area contributed by atoms with E-state index in [1.54, 1.807) is 12.3 Å². The topological polar surface area (TPSA) is 59.4 Å². The second-order valence-corrected chi connectivity index (χ2v) is 4.39. The molecule has 0 aliphatic rings. The number of hydrogen-bond donors (Lipinski definition) is 1. The summed E-state index contributed by atoms with van der Waals surface area (Å²) in [6.45, 7) is 3.85. The Morgan fingerprint density at radius 1 is 1.39 bits per heavy atom. The van der Waals surface area contributed by atoms with Crippen LogP contribution in [0.2, 0.25) is 0 Å². The average molecular weight is 245 g/mol. The molecule has 0 saturated heterocycles. The Morgan fingerprint density at radius 3 is 2.83 bits per heavy atom. The van der Waals surface area contributed by atoms with Crippen LogP contribution in [0.1, 0.15) is 25.3 Å². The molecule has 0 aliphatic carbocycles. The predicted molar refractivity (Wildman–Crippen MR) is 69.0 cm³/mol. The number of nitrogens with zero attached hydrogens (tertiary/aromatic N) is 1. The molecular formula is C14H15NO3. The molecule has 0 saturated carbocycles. The lowest BCUT2D eigenvalue weighted by Gasteiger charge is -2.11. The van der Waals surface area contributed by atoms with Crippen LogP contribution in [-0.2, 0) is 4.79 Å². The molecule has 4 heteroatoms. The third-order valence-corrected chi connectivity index (χ3v) is 2.74. The predicted octanol–water partition coefficient (Wildman–Crippen LogP) is 2.82. The highest BCUT2D eigenvalue weighted by atomic mass is 16.5. The van der Waals surface area contributed by atoms with Crippen molar-refractivity contribution in [1.29, 1.82) is 0 Å². The molecule has 1 heterocycles. The van der Waals surface area contributed by atoms with Crippen LogP contribution < -0.4 is 4.74 Å². The molecule has 0 bridgehead atoms. The Kier molecular flexibility index (Phi) is 3.46. The minimum absolute atomic E-state index is 0.342. The summed E-state index contributed by atoms with van der Waals surface area (Å²) in [6.07, 6.45) is 1.64. The van der Waals surface area contributed by atoms with Crippen molar-refractivity contribution in [3.8, 4) is 5.75 Å². The number of para-hydroxylation sites is 1. The number of carboxylic acid groups (broad SMARTS) is 1. The van der Waals surface area contributed by atoms with E-state index in [0.717, 1.165) is 16.5 Å². The Balaban J connectivity index is 2.49. The Morgan fingerprint density at radius 2 is 2.17 bits per heavy atom. The summed E-state index contributed by atoms with van der Waals surface area (Å²) in [5.41, 5.74) is 2.00. The lowest BCUT2D eigenvalue weighted by molar-refractivity contribution is -0.139. The zero-order valence-corrected chi connectivity index (χ0v) is 10.4. The highest BCUT2D eigenvalue weighted by molar-refractivity contribution is 5.88. The van der Waals surface area contributed by atoms with E-state index in [1.807, 2.05) is 18.2 Å². The summed E-state index contributed by atoms with van der Waals surface area (Å²) in [5, 5.41) is 9.50. The van der Waals surface area contributed by atoms with Crippen LogP contribution >= 0.6 is 0 Å². The first-order valence-corrected chi connectivity index (χ1v) is 5.82. The molecule has 4 nitrogen and oxygen atoms in total. The van der Waals surface area contributed by atoms with E-state index in [4.69, 9.17) is 9.84 Å². The maximum absolute atomic E-state index is 10.5. The monoisotopic (exact) mass is 245 g/mol. The summed E-state index contributed by atoms with van der Waals surface area (Å²) in [4.78, 5) is 14.9. The molecule has 0 aliphatic heterocycles. The van der Waals surface area contributed by atoms with Gasteiger partial charge in [0.05, 0.1) is 5.52 Å². The lowest BCUT2D eigenvalue weighted by Crippen LogP contribution is -2.09. The van der Waals surface area contributed by atoms with Gasteiger partial charge >= 0.3 is 5.97 Å². The van der Waals surface area contributed by atoms with Crippen molar-refractivity contribution in [2.75, 3.05) is 6.61 Å². The number of hydrogen-bond acceptors (Lipinski definition) is 3. The van der Waals surface area contributed by atoms with Crippen LogP contribution in [0.5, 0.6) is 5.75 Å². The molecule has 0 spiro atoms. The highest BCUT2D eigenvalue weighted by Crippen LogP contribution is 2.29. The summed E-state index contributed by atoms with van der Waals surface area (Å²) in [6, 6.07) is 7.55. The fourth-order valence-corrected chi connectivity index (χ4v) is 1.90. The van der Waals surface area contributed by atoms with Crippen molar-refractivity contribution in [2.45, 2.75) is 19.8 Å². The van der Waals surface area contributed by atoms with Gasteiger partial charge in [0.2, 0.25) is 0 Å². The third kappa shape index (κ3) is 2.42. The van der Waals surface area contributed by atoms with E-state index in [2.05, 4.69) is 18.8 Å². The van der Waals surface area contributed by atoms with E-state index < -0.39 is 5.97 Å². The van der Waals surface area contributed by atoms with Gasteiger partial charge in [-0.2, -0.15) is 0 Å². The minimum Gasteiger partial charge on any atom is -0.481 e. The zero-order chi connectivity index (χ0) is 13.1. The van der Waals surface area contributed by atoms with Crippen LogP contribution in [0.25, 0.3) is 10.9 Å². The fraction of sp³-hybridized carbons (Fsp3) is 0.286. The van der Waals surface area contributed by atoms with E-state index in [1.165, 1.54) is 0 Å². The molecule has 0 unspecified atom stereocenters. The Labute approximate surface area is 105 Å². The quantitative estimate of drug-likeness (QED) is 0.899. The van der Waals surface area contributed by atoms with Gasteiger partial charge in [0.25, 0.3) is 0 Å². The smallest absolute Gasteiger partial charge is 0.341 e. The molecule has 2 aromatic rings. The van der Waals surface area contributed by atoms with E-state index >= 15 is 0 Å². The second-order valence-electron chi connectivity index (χ2n) is 4.39. The van der Waals surface area contributed by atoms with Crippen LogP contribution in [0.4, 0.5) is 0 Å². The van der Waals surface area contributed by atoms with Gasteiger partial charge in [-0.25, -0.2) is 4.79 Å². The highest BCUT2D eigenvalue weighted by Gasteiger charge is 2.10. The zero-order valence-electron chi connectivity index (χ0n) is 10.4. The number of pyridine rings is 1. The number of carboxylic acids is 1. The normalized spacial score (nSPS) is 10.8. The van der Waals surface area contributed by atoms with Crippen molar-refractivity contribution >= 4 is 16.9 Å². The standard InChI is InChI=1S/C14H15NO3/c1-9(2)10-4-3-5-11-12(18-8-13(16)17)6-7-15-14(10)11/h3-7,9H,8H2,1-2H3,(H,16,17). The summed E-state index contributed by atoms with van der Waals surface area (Å²) in [7, 11) is 0. The minimum atomic E-state index is -0.986. The lowest BCUT2D eigenvalue weighted by atomic mass is 9.99. The third-order valence-electron chi connectivity index (χ3n) is 2.74. The van der Waals surface area contributed by atoms with E-state index in [9.17, 15) is 4.79 Å². The van der Waals surface area contributed by atoms with Crippen LogP contribution in [0.3, 0.4) is 0 Å². The first kappa shape index (κ1) is 12.4. The molecule has 0 atom stereocenters. The van der Waals surface area contributed by atoms with Gasteiger partial charge in [-0.15, -0.1) is 0 Å². The number of ether oxygens (including phenoxy) is 1. The largest absolute Gasteiger partial charge is 0.481 e. The second kappa shape index (κ2) is 5.04. The molecule has 0 fully saturated rings. The van der Waals surface area contributed by atoms with Crippen molar-refractivity contribution < 1.29 is 14.6 Å². The maximum Gasteiger partial charge on any atom is 0.341 e. The number of benzene rings is 1. The van der Waals surface area contributed by atoms with Gasteiger partial charge in [-0.1, -0.05) is 26.0 Å². The molecule has 0 amide bonds. The molecule has 2 rings (SSSR count). The van der Waals surface area contributed by atoms with Crippen molar-refractivity contribution in [2.24, 2.45) is 0 Å². The molecular weight excluding hydrogens is 230 g/mol. The van der Waals surface area contributed by atoms with Crippen molar-refractivity contribution in [3.63, 3.8) is 0 Å². The van der Waals surface area contributed by atoms with Crippen LogP contribution in [0, 0.1) is 0 Å². The van der Waals surface area contributed by atoms with Gasteiger partial charge in [0, 0.05) is 11.6 Å². The van der Waals surface area contributed by atoms with Gasteiger partial charge in [0.1, 0.15) is 5.75 Å². The summed E-state index contributed by atoms with van der Waals surface area (Å²) in [5.74, 6) is -0.0687. The fourth-order valence-electron chi connectivity index (χ4n) is 1.90. The molecule has 1 N–H and O–H groups in total. The van der Waals surface area contributed by atoms with E-state index in [0.29, 0.717) is 11.7 Å². The maximum atomic E-state index is 10.5. The number of aromatic nitrogens is 1. The van der Waals surface area contributed by atoms with Crippen LogP contribution in [-0.4, -0.2) is 22.7 Å². The Bertz CT molecular complexity index is 578. The SMILES string of the molecule is CC(C)c1cccc2c(OCC(=O)O)ccnc12. The first-order chi connectivity index (χ1) is 8.59. The first-order valence-electron chi connectivity index (χ1n) is 5.82. The summed E-state index contributed by atoms with van der Waals surface area (Å²) < 4.78 is 5.28. The number of rotatable bonds is 4. The molecule has 94 valence electrons. The molecule has 1 aromatic carbocycles. The van der Waals surface area contributed by atoms with Crippen LogP contribution in [0.15, 0.2) is 30.5 Å². The Hall–Kier alpha value is -2.10. The molecule has 0 radical (unpaired) electrons. The summed E-state index contributed by atoms with van der Waals surface area (Å²) >= 11 is 0. The number of carbonyl (C=O) groups is 1. The molecule has 1 aromatic heterocycles. The number of aliphatic carboxylic acids is 1. The average Bonchev–Trinajstić information content (AvgIpc) is 2.35. The van der Waals surface area contributed by atoms with Crippen molar-refractivity contribution in [3.05, 3.63) is 36.0 Å². The van der Waals surface area contributed by atoms with E-state index in [-0.39, 0.29) is 6.61 Å². The van der Waals surface area contributed by atoms with Crippen molar-refractivity contribution in [1.82, 2.24) is 4.98 Å². The van der Waals surface area contributed by atoms with Gasteiger partial charge in [0.15, 0.2) is 6.61 Å². The molecule has 18 heavy (non-hydrogen) atoms. The van der Waals surface area contributed by atoms with Gasteiger partial charge < -0.3 is 9.84 Å². The van der Waals surface area contributed by atoms with Gasteiger partial charge in [-0.05, 0) is 23.6 Å². The van der Waals surface area contributed by atoms with Gasteiger partial charge in [-0.3, -0.25) is 4.98 Å². The number of fused-ring (bicyclic) bond motifs is 1.